The molecule has 1 heteroatoms. The van der Waals surface area contributed by atoms with Crippen LogP contribution in [0.25, 0.3) is 0 Å². The SMILES string of the molecule is CC(C)(S)C1CCc2ccccc21. The van der Waals surface area contributed by atoms with Gasteiger partial charge in [0, 0.05) is 4.75 Å². The number of aryl methyl sites for hydroxylation is 1. The summed E-state index contributed by atoms with van der Waals surface area (Å²) in [6.07, 6.45) is 2.49. The van der Waals surface area contributed by atoms with E-state index in [1.54, 1.807) is 0 Å². The number of benzene rings is 1. The summed E-state index contributed by atoms with van der Waals surface area (Å²) < 4.78 is 0.118. The molecule has 1 aliphatic carbocycles. The number of rotatable bonds is 1. The smallest absolute Gasteiger partial charge is 0.0142 e. The van der Waals surface area contributed by atoms with Gasteiger partial charge in [0.1, 0.15) is 0 Å². The summed E-state index contributed by atoms with van der Waals surface area (Å²) >= 11 is 4.67. The van der Waals surface area contributed by atoms with E-state index in [0.29, 0.717) is 5.92 Å². The Kier molecular flexibility index (Phi) is 2.15. The van der Waals surface area contributed by atoms with Gasteiger partial charge in [0.2, 0.25) is 0 Å². The Morgan fingerprint density at radius 1 is 1.31 bits per heavy atom. The molecule has 0 aliphatic heterocycles. The highest BCUT2D eigenvalue weighted by molar-refractivity contribution is 7.81. The summed E-state index contributed by atoms with van der Waals surface area (Å²) in [5, 5.41) is 0. The number of hydrogen-bond acceptors (Lipinski definition) is 1. The van der Waals surface area contributed by atoms with Crippen molar-refractivity contribution in [1.29, 1.82) is 0 Å². The lowest BCUT2D eigenvalue weighted by molar-refractivity contribution is 0.545. The molecule has 1 unspecified atom stereocenters. The van der Waals surface area contributed by atoms with Crippen LogP contribution in [0.15, 0.2) is 24.3 Å². The zero-order valence-electron chi connectivity index (χ0n) is 8.25. The summed E-state index contributed by atoms with van der Waals surface area (Å²) in [6.45, 7) is 4.42. The Labute approximate surface area is 85.8 Å². The van der Waals surface area contributed by atoms with E-state index in [1.807, 2.05) is 0 Å². The van der Waals surface area contributed by atoms with Gasteiger partial charge in [-0.2, -0.15) is 12.6 Å². The minimum atomic E-state index is 0.118. The molecule has 1 aromatic carbocycles. The third-order valence-corrected chi connectivity index (χ3v) is 3.30. The van der Waals surface area contributed by atoms with Gasteiger partial charge in [-0.25, -0.2) is 0 Å². The molecule has 0 amide bonds. The van der Waals surface area contributed by atoms with E-state index in [-0.39, 0.29) is 4.75 Å². The molecule has 1 aromatic rings. The molecule has 1 atom stereocenters. The van der Waals surface area contributed by atoms with Gasteiger partial charge in [-0.1, -0.05) is 38.1 Å². The maximum atomic E-state index is 4.67. The standard InChI is InChI=1S/C12H16S/c1-12(2,13)11-8-7-9-5-3-4-6-10(9)11/h3-6,11,13H,7-8H2,1-2H3. The van der Waals surface area contributed by atoms with Crippen molar-refractivity contribution in [2.45, 2.75) is 37.4 Å². The lowest BCUT2D eigenvalue weighted by Crippen LogP contribution is -2.20. The van der Waals surface area contributed by atoms with Gasteiger partial charge in [0.25, 0.3) is 0 Å². The Morgan fingerprint density at radius 2 is 2.00 bits per heavy atom. The Bertz CT molecular complexity index is 309. The fraction of sp³-hybridized carbons (Fsp3) is 0.500. The minimum absolute atomic E-state index is 0.118. The van der Waals surface area contributed by atoms with Crippen LogP contribution in [0.5, 0.6) is 0 Å². The molecule has 0 radical (unpaired) electrons. The van der Waals surface area contributed by atoms with Crippen LogP contribution in [-0.2, 0) is 6.42 Å². The van der Waals surface area contributed by atoms with E-state index in [9.17, 15) is 0 Å². The van der Waals surface area contributed by atoms with Crippen molar-refractivity contribution in [3.8, 4) is 0 Å². The topological polar surface area (TPSA) is 0 Å². The molecule has 0 spiro atoms. The van der Waals surface area contributed by atoms with Crippen LogP contribution in [0.2, 0.25) is 0 Å². The predicted molar refractivity (Wildman–Crippen MR) is 60.6 cm³/mol. The lowest BCUT2D eigenvalue weighted by atomic mass is 9.89. The molecule has 0 aromatic heterocycles. The molecule has 13 heavy (non-hydrogen) atoms. The summed E-state index contributed by atoms with van der Waals surface area (Å²) in [7, 11) is 0. The summed E-state index contributed by atoms with van der Waals surface area (Å²) in [5.74, 6) is 0.632. The molecule has 0 N–H and O–H groups in total. The average molecular weight is 192 g/mol. The van der Waals surface area contributed by atoms with Crippen LogP contribution in [0.4, 0.5) is 0 Å². The van der Waals surface area contributed by atoms with Gasteiger partial charge in [0.15, 0.2) is 0 Å². The Hall–Kier alpha value is -0.430. The first-order valence-corrected chi connectivity index (χ1v) is 5.34. The third kappa shape index (κ3) is 1.62. The van der Waals surface area contributed by atoms with Crippen molar-refractivity contribution < 1.29 is 0 Å². The zero-order valence-corrected chi connectivity index (χ0v) is 9.14. The third-order valence-electron chi connectivity index (χ3n) is 2.99. The lowest BCUT2D eigenvalue weighted by Gasteiger charge is -2.26. The first-order valence-electron chi connectivity index (χ1n) is 4.89. The largest absolute Gasteiger partial charge is 0.172 e. The highest BCUT2D eigenvalue weighted by atomic mass is 32.1. The average Bonchev–Trinajstić information content (AvgIpc) is 2.45. The zero-order chi connectivity index (χ0) is 9.47. The van der Waals surface area contributed by atoms with E-state index in [4.69, 9.17) is 0 Å². The number of fused-ring (bicyclic) bond motifs is 1. The summed E-state index contributed by atoms with van der Waals surface area (Å²) in [6, 6.07) is 8.77. The molecule has 0 nitrogen and oxygen atoms in total. The van der Waals surface area contributed by atoms with Crippen LogP contribution >= 0.6 is 12.6 Å². The molecule has 0 bridgehead atoms. The van der Waals surface area contributed by atoms with Gasteiger partial charge < -0.3 is 0 Å². The highest BCUT2D eigenvalue weighted by Gasteiger charge is 2.32. The highest BCUT2D eigenvalue weighted by Crippen LogP contribution is 2.42. The maximum Gasteiger partial charge on any atom is 0.0142 e. The van der Waals surface area contributed by atoms with Crippen LogP contribution in [0.1, 0.15) is 37.3 Å². The molecule has 0 saturated heterocycles. The van der Waals surface area contributed by atoms with Crippen LogP contribution in [0, 0.1) is 0 Å². The quantitative estimate of drug-likeness (QED) is 0.648. The maximum absolute atomic E-state index is 4.67. The van der Waals surface area contributed by atoms with E-state index in [2.05, 4.69) is 50.7 Å². The Morgan fingerprint density at radius 3 is 2.69 bits per heavy atom. The van der Waals surface area contributed by atoms with Gasteiger partial charge in [-0.3, -0.25) is 0 Å². The molecule has 0 heterocycles. The van der Waals surface area contributed by atoms with Gasteiger partial charge in [-0.05, 0) is 29.9 Å². The Balaban J connectivity index is 2.39. The molecule has 2 rings (SSSR count). The molecule has 0 fully saturated rings. The second kappa shape index (κ2) is 3.06. The van der Waals surface area contributed by atoms with Crippen LogP contribution < -0.4 is 0 Å². The van der Waals surface area contributed by atoms with Crippen molar-refractivity contribution >= 4 is 12.6 Å². The number of hydrogen-bond donors (Lipinski definition) is 1. The molecule has 0 saturated carbocycles. The second-order valence-electron chi connectivity index (χ2n) is 4.44. The monoisotopic (exact) mass is 192 g/mol. The van der Waals surface area contributed by atoms with E-state index in [1.165, 1.54) is 24.0 Å². The normalized spacial score (nSPS) is 21.6. The van der Waals surface area contributed by atoms with Crippen molar-refractivity contribution in [1.82, 2.24) is 0 Å². The number of thiol groups is 1. The second-order valence-corrected chi connectivity index (χ2v) is 5.60. The molecule has 70 valence electrons. The van der Waals surface area contributed by atoms with Crippen molar-refractivity contribution in [2.24, 2.45) is 0 Å². The van der Waals surface area contributed by atoms with Gasteiger partial charge >= 0.3 is 0 Å². The predicted octanol–water partition coefficient (Wildman–Crippen LogP) is 3.42. The fourth-order valence-corrected chi connectivity index (χ4v) is 2.56. The van der Waals surface area contributed by atoms with Crippen molar-refractivity contribution in [3.63, 3.8) is 0 Å². The van der Waals surface area contributed by atoms with Gasteiger partial charge in [-0.15, -0.1) is 0 Å². The molecular formula is C12H16S. The van der Waals surface area contributed by atoms with Crippen molar-refractivity contribution in [2.75, 3.05) is 0 Å². The van der Waals surface area contributed by atoms with Gasteiger partial charge in [0.05, 0.1) is 0 Å². The van der Waals surface area contributed by atoms with E-state index >= 15 is 0 Å². The summed E-state index contributed by atoms with van der Waals surface area (Å²) in [5.41, 5.74) is 3.04. The van der Waals surface area contributed by atoms with Crippen LogP contribution in [-0.4, -0.2) is 4.75 Å². The van der Waals surface area contributed by atoms with E-state index in [0.717, 1.165) is 0 Å². The molecular weight excluding hydrogens is 176 g/mol. The first kappa shape index (κ1) is 9.14. The van der Waals surface area contributed by atoms with Crippen molar-refractivity contribution in [3.05, 3.63) is 35.4 Å². The minimum Gasteiger partial charge on any atom is -0.172 e. The summed E-state index contributed by atoms with van der Waals surface area (Å²) in [4.78, 5) is 0. The van der Waals surface area contributed by atoms with E-state index < -0.39 is 0 Å². The van der Waals surface area contributed by atoms with Crippen LogP contribution in [0.3, 0.4) is 0 Å². The first-order chi connectivity index (χ1) is 6.09. The fourth-order valence-electron chi connectivity index (χ4n) is 2.29. The molecule has 1 aliphatic rings.